The summed E-state index contributed by atoms with van der Waals surface area (Å²) in [4.78, 5) is 0.315. The zero-order chi connectivity index (χ0) is 10.8. The number of sulfone groups is 1. The largest absolute Gasteiger partial charge is 0.398 e. The monoisotopic (exact) mass is 213 g/mol. The van der Waals surface area contributed by atoms with E-state index in [9.17, 15) is 8.42 Å². The van der Waals surface area contributed by atoms with Gasteiger partial charge in [-0.25, -0.2) is 8.42 Å². The standard InChI is InChI=1S/C10H15NO2S/c1-3-8-5-6-9(7-10(8)11)14(12,13)4-2/h5-7H,3-4,11H2,1-2H3. The zero-order valence-electron chi connectivity index (χ0n) is 8.45. The first kappa shape index (κ1) is 11.0. The fourth-order valence-electron chi connectivity index (χ4n) is 1.26. The lowest BCUT2D eigenvalue weighted by Crippen LogP contribution is -2.05. The van der Waals surface area contributed by atoms with Crippen molar-refractivity contribution in [3.63, 3.8) is 0 Å². The second kappa shape index (κ2) is 4.00. The van der Waals surface area contributed by atoms with Gasteiger partial charge in [0.2, 0.25) is 0 Å². The molecule has 0 amide bonds. The van der Waals surface area contributed by atoms with Crippen molar-refractivity contribution in [1.82, 2.24) is 0 Å². The van der Waals surface area contributed by atoms with E-state index in [0.717, 1.165) is 12.0 Å². The fourth-order valence-corrected chi connectivity index (χ4v) is 2.17. The average molecular weight is 213 g/mol. The Kier molecular flexibility index (Phi) is 3.16. The van der Waals surface area contributed by atoms with Crippen molar-refractivity contribution in [3.8, 4) is 0 Å². The number of aryl methyl sites for hydroxylation is 1. The highest BCUT2D eigenvalue weighted by atomic mass is 32.2. The third-order valence-corrected chi connectivity index (χ3v) is 3.97. The van der Waals surface area contributed by atoms with Crippen molar-refractivity contribution in [1.29, 1.82) is 0 Å². The second-order valence-corrected chi connectivity index (χ2v) is 5.40. The van der Waals surface area contributed by atoms with E-state index in [-0.39, 0.29) is 5.75 Å². The number of nitrogen functional groups attached to an aromatic ring is 1. The number of nitrogens with two attached hydrogens (primary N) is 1. The summed E-state index contributed by atoms with van der Waals surface area (Å²) in [6.45, 7) is 3.61. The molecule has 0 aliphatic carbocycles. The summed E-state index contributed by atoms with van der Waals surface area (Å²) in [6.07, 6.45) is 0.818. The summed E-state index contributed by atoms with van der Waals surface area (Å²) in [5, 5.41) is 0. The van der Waals surface area contributed by atoms with Crippen LogP contribution < -0.4 is 5.73 Å². The van der Waals surface area contributed by atoms with Crippen LogP contribution in [-0.4, -0.2) is 14.2 Å². The van der Waals surface area contributed by atoms with Crippen LogP contribution in [0.2, 0.25) is 0 Å². The predicted molar refractivity (Wildman–Crippen MR) is 58.0 cm³/mol. The highest BCUT2D eigenvalue weighted by Gasteiger charge is 2.12. The fraction of sp³-hybridized carbons (Fsp3) is 0.400. The molecule has 78 valence electrons. The third-order valence-electron chi connectivity index (χ3n) is 2.24. The van der Waals surface area contributed by atoms with Crippen molar-refractivity contribution in [2.24, 2.45) is 0 Å². The summed E-state index contributed by atoms with van der Waals surface area (Å²) >= 11 is 0. The lowest BCUT2D eigenvalue weighted by Gasteiger charge is -2.06. The Morgan fingerprint density at radius 1 is 1.29 bits per heavy atom. The van der Waals surface area contributed by atoms with Crippen molar-refractivity contribution < 1.29 is 8.42 Å². The molecule has 14 heavy (non-hydrogen) atoms. The van der Waals surface area contributed by atoms with Gasteiger partial charge in [-0.15, -0.1) is 0 Å². The average Bonchev–Trinajstić information content (AvgIpc) is 2.17. The zero-order valence-corrected chi connectivity index (χ0v) is 9.26. The summed E-state index contributed by atoms with van der Waals surface area (Å²) in [7, 11) is -3.13. The normalized spacial score (nSPS) is 11.6. The summed E-state index contributed by atoms with van der Waals surface area (Å²) in [6, 6.07) is 4.93. The first-order valence-corrected chi connectivity index (χ1v) is 6.27. The summed E-state index contributed by atoms with van der Waals surface area (Å²) in [5.41, 5.74) is 7.26. The van der Waals surface area contributed by atoms with Crippen molar-refractivity contribution in [2.75, 3.05) is 11.5 Å². The molecule has 0 spiro atoms. The Labute approximate surface area is 84.9 Å². The van der Waals surface area contributed by atoms with E-state index in [4.69, 9.17) is 5.73 Å². The maximum atomic E-state index is 11.5. The van der Waals surface area contributed by atoms with Crippen molar-refractivity contribution >= 4 is 15.5 Å². The van der Waals surface area contributed by atoms with Crippen LogP contribution in [0, 0.1) is 0 Å². The van der Waals surface area contributed by atoms with Gasteiger partial charge in [0.1, 0.15) is 0 Å². The molecule has 0 heterocycles. The van der Waals surface area contributed by atoms with E-state index in [0.29, 0.717) is 10.6 Å². The third kappa shape index (κ3) is 2.07. The van der Waals surface area contributed by atoms with Gasteiger partial charge < -0.3 is 5.73 Å². The van der Waals surface area contributed by atoms with Crippen LogP contribution in [0.4, 0.5) is 5.69 Å². The first-order chi connectivity index (χ1) is 6.51. The molecule has 0 atom stereocenters. The molecule has 0 saturated heterocycles. The van der Waals surface area contributed by atoms with Gasteiger partial charge in [0.25, 0.3) is 0 Å². The summed E-state index contributed by atoms with van der Waals surface area (Å²) in [5.74, 6) is 0.109. The first-order valence-electron chi connectivity index (χ1n) is 4.62. The van der Waals surface area contributed by atoms with E-state index in [2.05, 4.69) is 0 Å². The quantitative estimate of drug-likeness (QED) is 0.776. The van der Waals surface area contributed by atoms with E-state index in [1.165, 1.54) is 6.07 Å². The number of anilines is 1. The topological polar surface area (TPSA) is 60.2 Å². The van der Waals surface area contributed by atoms with Gasteiger partial charge in [0.05, 0.1) is 10.6 Å². The molecule has 0 fully saturated rings. The van der Waals surface area contributed by atoms with Gasteiger partial charge in [-0.05, 0) is 24.1 Å². The number of rotatable bonds is 3. The SMILES string of the molecule is CCc1ccc(S(=O)(=O)CC)cc1N. The Morgan fingerprint density at radius 3 is 2.36 bits per heavy atom. The van der Waals surface area contributed by atoms with Crippen molar-refractivity contribution in [3.05, 3.63) is 23.8 Å². The van der Waals surface area contributed by atoms with Gasteiger partial charge in [0, 0.05) is 5.69 Å². The highest BCUT2D eigenvalue weighted by molar-refractivity contribution is 7.91. The van der Waals surface area contributed by atoms with E-state index >= 15 is 0 Å². The van der Waals surface area contributed by atoms with Crippen LogP contribution in [0.5, 0.6) is 0 Å². The molecular formula is C10H15NO2S. The van der Waals surface area contributed by atoms with Crippen LogP contribution in [0.3, 0.4) is 0 Å². The van der Waals surface area contributed by atoms with Crippen LogP contribution in [0.15, 0.2) is 23.1 Å². The minimum Gasteiger partial charge on any atom is -0.398 e. The number of hydrogen-bond acceptors (Lipinski definition) is 3. The van der Waals surface area contributed by atoms with Crippen LogP contribution in [-0.2, 0) is 16.3 Å². The molecule has 1 rings (SSSR count). The minimum absolute atomic E-state index is 0.109. The molecule has 0 aromatic heterocycles. The molecule has 1 aromatic carbocycles. The molecule has 0 aliphatic heterocycles. The molecule has 0 aliphatic rings. The Bertz CT molecular complexity index is 424. The maximum absolute atomic E-state index is 11.5. The maximum Gasteiger partial charge on any atom is 0.178 e. The molecular weight excluding hydrogens is 198 g/mol. The van der Waals surface area contributed by atoms with Crippen LogP contribution in [0.1, 0.15) is 19.4 Å². The molecule has 2 N–H and O–H groups in total. The Hall–Kier alpha value is -1.03. The van der Waals surface area contributed by atoms with E-state index < -0.39 is 9.84 Å². The number of hydrogen-bond donors (Lipinski definition) is 1. The lowest BCUT2D eigenvalue weighted by molar-refractivity contribution is 0.597. The van der Waals surface area contributed by atoms with Crippen LogP contribution >= 0.6 is 0 Å². The molecule has 0 unspecified atom stereocenters. The van der Waals surface area contributed by atoms with Gasteiger partial charge >= 0.3 is 0 Å². The minimum atomic E-state index is -3.13. The predicted octanol–water partition coefficient (Wildman–Crippen LogP) is 1.62. The molecule has 0 saturated carbocycles. The summed E-state index contributed by atoms with van der Waals surface area (Å²) < 4.78 is 23.0. The van der Waals surface area contributed by atoms with E-state index in [1.807, 2.05) is 6.92 Å². The highest BCUT2D eigenvalue weighted by Crippen LogP contribution is 2.19. The van der Waals surface area contributed by atoms with Gasteiger partial charge in [-0.2, -0.15) is 0 Å². The molecule has 0 radical (unpaired) electrons. The number of benzene rings is 1. The molecule has 0 bridgehead atoms. The van der Waals surface area contributed by atoms with Crippen LogP contribution in [0.25, 0.3) is 0 Å². The van der Waals surface area contributed by atoms with Gasteiger partial charge in [-0.1, -0.05) is 19.9 Å². The molecule has 4 heteroatoms. The Morgan fingerprint density at radius 2 is 1.93 bits per heavy atom. The lowest BCUT2D eigenvalue weighted by atomic mass is 10.1. The molecule has 3 nitrogen and oxygen atoms in total. The second-order valence-electron chi connectivity index (χ2n) is 3.12. The van der Waals surface area contributed by atoms with Gasteiger partial charge in [0.15, 0.2) is 9.84 Å². The smallest absolute Gasteiger partial charge is 0.178 e. The Balaban J connectivity index is 3.22. The van der Waals surface area contributed by atoms with Crippen molar-refractivity contribution in [2.45, 2.75) is 25.2 Å². The van der Waals surface area contributed by atoms with E-state index in [1.54, 1.807) is 19.1 Å². The van der Waals surface area contributed by atoms with Gasteiger partial charge in [-0.3, -0.25) is 0 Å². The molecule has 1 aromatic rings.